The molecule has 2 fully saturated rings. The molecule has 33 heavy (non-hydrogen) atoms. The molecule has 2 aliphatic rings. The van der Waals surface area contributed by atoms with Crippen LogP contribution < -0.4 is 20.3 Å². The zero-order valence-electron chi connectivity index (χ0n) is 18.6. The molecule has 1 aromatic carbocycles. The van der Waals surface area contributed by atoms with Crippen molar-refractivity contribution in [3.05, 3.63) is 53.7 Å². The van der Waals surface area contributed by atoms with Crippen molar-refractivity contribution in [3.63, 3.8) is 0 Å². The topological polar surface area (TPSA) is 61.8 Å². The Hall–Kier alpha value is -2.24. The lowest BCUT2D eigenvalue weighted by molar-refractivity contribution is -0.274. The summed E-state index contributed by atoms with van der Waals surface area (Å²) in [5.74, 6) is 1.51. The maximum atomic E-state index is 12.7. The molecule has 0 bridgehead atoms. The number of pyridine rings is 1. The summed E-state index contributed by atoms with van der Waals surface area (Å²) in [5, 5.41) is 6.82. The highest BCUT2D eigenvalue weighted by molar-refractivity contribution is 14.0. The largest absolute Gasteiger partial charge is 0.573 e. The van der Waals surface area contributed by atoms with Crippen LogP contribution in [-0.2, 0) is 0 Å². The van der Waals surface area contributed by atoms with Crippen molar-refractivity contribution in [2.45, 2.75) is 50.6 Å². The van der Waals surface area contributed by atoms with Gasteiger partial charge >= 0.3 is 6.36 Å². The Morgan fingerprint density at radius 1 is 1.12 bits per heavy atom. The third-order valence-electron chi connectivity index (χ3n) is 5.94. The molecule has 1 saturated heterocycles. The Labute approximate surface area is 209 Å². The highest BCUT2D eigenvalue weighted by Crippen LogP contribution is 2.45. The van der Waals surface area contributed by atoms with Crippen LogP contribution in [0.1, 0.15) is 36.3 Å². The van der Waals surface area contributed by atoms with E-state index in [2.05, 4.69) is 42.4 Å². The lowest BCUT2D eigenvalue weighted by Crippen LogP contribution is -2.49. The van der Waals surface area contributed by atoms with Crippen molar-refractivity contribution in [2.75, 3.05) is 25.0 Å². The van der Waals surface area contributed by atoms with Crippen LogP contribution in [0.4, 0.5) is 19.0 Å². The quantitative estimate of drug-likeness (QED) is 0.310. The number of aryl methyl sites for hydroxylation is 1. The predicted octanol–water partition coefficient (Wildman–Crippen LogP) is 4.60. The molecule has 6 nitrogen and oxygen atoms in total. The van der Waals surface area contributed by atoms with Crippen molar-refractivity contribution < 1.29 is 17.9 Å². The Morgan fingerprint density at radius 2 is 1.85 bits per heavy atom. The van der Waals surface area contributed by atoms with Crippen molar-refractivity contribution in [1.29, 1.82) is 0 Å². The molecule has 4 rings (SSSR count). The predicted molar refractivity (Wildman–Crippen MR) is 134 cm³/mol. The Balaban J connectivity index is 0.00000306. The van der Waals surface area contributed by atoms with Gasteiger partial charge in [-0.2, -0.15) is 0 Å². The second-order valence-corrected chi connectivity index (χ2v) is 8.35. The molecule has 2 heterocycles. The first-order valence-electron chi connectivity index (χ1n) is 10.8. The van der Waals surface area contributed by atoms with Gasteiger partial charge < -0.3 is 20.3 Å². The monoisotopic (exact) mass is 575 g/mol. The molecule has 2 unspecified atom stereocenters. The Morgan fingerprint density at radius 3 is 2.48 bits per heavy atom. The van der Waals surface area contributed by atoms with Gasteiger partial charge in [0.2, 0.25) is 0 Å². The lowest BCUT2D eigenvalue weighted by atomic mass is 10.1. The van der Waals surface area contributed by atoms with E-state index < -0.39 is 6.36 Å². The molecular formula is C23H29F3IN5O. The van der Waals surface area contributed by atoms with Gasteiger partial charge in [-0.3, -0.25) is 4.99 Å². The van der Waals surface area contributed by atoms with Gasteiger partial charge in [0.05, 0.1) is 0 Å². The highest BCUT2D eigenvalue weighted by Gasteiger charge is 2.42. The maximum Gasteiger partial charge on any atom is 0.573 e. The summed E-state index contributed by atoms with van der Waals surface area (Å²) < 4.78 is 42.3. The molecule has 0 amide bonds. The van der Waals surface area contributed by atoms with Gasteiger partial charge in [-0.15, -0.1) is 37.1 Å². The van der Waals surface area contributed by atoms with E-state index in [0.29, 0.717) is 11.5 Å². The van der Waals surface area contributed by atoms with Crippen LogP contribution in [0, 0.1) is 6.92 Å². The standard InChI is InChI=1S/C23H28F3N5O.HI/c1-15-7-8-21(28-14-15)31-11-9-16(10-12-31)29-22(27-2)30-19-13-18(19)17-5-3-4-6-20(17)32-23(24,25)26;/h3-8,14,16,18-19H,9-13H2,1-2H3,(H2,27,29,30);1H. The third-order valence-corrected chi connectivity index (χ3v) is 5.94. The number of para-hydroxylation sites is 1. The number of anilines is 1. The second kappa shape index (κ2) is 10.8. The highest BCUT2D eigenvalue weighted by atomic mass is 127. The number of ether oxygens (including phenoxy) is 1. The first-order valence-corrected chi connectivity index (χ1v) is 10.8. The minimum Gasteiger partial charge on any atom is -0.405 e. The number of halogens is 4. The maximum absolute atomic E-state index is 12.7. The van der Waals surface area contributed by atoms with Crippen LogP contribution in [0.5, 0.6) is 5.75 Å². The van der Waals surface area contributed by atoms with Gasteiger partial charge in [-0.1, -0.05) is 24.3 Å². The van der Waals surface area contributed by atoms with Crippen LogP contribution in [0.2, 0.25) is 0 Å². The molecule has 10 heteroatoms. The summed E-state index contributed by atoms with van der Waals surface area (Å²) in [5.41, 5.74) is 1.71. The number of nitrogens with one attached hydrogen (secondary N) is 2. The van der Waals surface area contributed by atoms with Gasteiger partial charge in [0.25, 0.3) is 0 Å². The van der Waals surface area contributed by atoms with Gasteiger partial charge in [0.15, 0.2) is 5.96 Å². The molecule has 1 saturated carbocycles. The van der Waals surface area contributed by atoms with Gasteiger partial charge in [0, 0.05) is 44.3 Å². The van der Waals surface area contributed by atoms with E-state index in [1.165, 1.54) is 6.07 Å². The summed E-state index contributed by atoms with van der Waals surface area (Å²) in [6, 6.07) is 10.8. The Kier molecular flexibility index (Phi) is 8.30. The van der Waals surface area contributed by atoms with Crippen LogP contribution >= 0.6 is 24.0 Å². The summed E-state index contributed by atoms with van der Waals surface area (Å²) >= 11 is 0. The Bertz CT molecular complexity index is 946. The van der Waals surface area contributed by atoms with E-state index in [1.54, 1.807) is 25.2 Å². The summed E-state index contributed by atoms with van der Waals surface area (Å²) in [4.78, 5) is 11.1. The fourth-order valence-corrected chi connectivity index (χ4v) is 4.14. The molecule has 2 aromatic rings. The number of benzene rings is 1. The fraction of sp³-hybridized carbons (Fsp3) is 0.478. The molecule has 1 aliphatic heterocycles. The van der Waals surface area contributed by atoms with Crippen molar-refractivity contribution in [1.82, 2.24) is 15.6 Å². The zero-order valence-corrected chi connectivity index (χ0v) is 20.9. The SMILES string of the molecule is CN=C(NC1CCN(c2ccc(C)cn2)CC1)NC1CC1c1ccccc1OC(F)(F)F.I. The summed E-state index contributed by atoms with van der Waals surface area (Å²) in [6.45, 7) is 3.83. The molecule has 0 radical (unpaired) electrons. The average Bonchev–Trinajstić information content (AvgIpc) is 3.52. The van der Waals surface area contributed by atoms with Crippen molar-refractivity contribution >= 4 is 35.8 Å². The lowest BCUT2D eigenvalue weighted by Gasteiger charge is -2.33. The zero-order chi connectivity index (χ0) is 22.7. The molecule has 180 valence electrons. The van der Waals surface area contributed by atoms with Crippen LogP contribution in [-0.4, -0.2) is 49.5 Å². The van der Waals surface area contributed by atoms with E-state index in [9.17, 15) is 13.2 Å². The number of piperidine rings is 1. The van der Waals surface area contributed by atoms with Crippen molar-refractivity contribution in [2.24, 2.45) is 4.99 Å². The fourth-order valence-electron chi connectivity index (χ4n) is 4.14. The van der Waals surface area contributed by atoms with E-state index in [1.807, 2.05) is 13.1 Å². The number of aromatic nitrogens is 1. The molecule has 1 aromatic heterocycles. The summed E-state index contributed by atoms with van der Waals surface area (Å²) in [7, 11) is 1.71. The van der Waals surface area contributed by atoms with Crippen LogP contribution in [0.25, 0.3) is 0 Å². The summed E-state index contributed by atoms with van der Waals surface area (Å²) in [6.07, 6.45) is -0.181. The molecule has 2 atom stereocenters. The van der Waals surface area contributed by atoms with Gasteiger partial charge in [-0.05, 0) is 49.4 Å². The van der Waals surface area contributed by atoms with Crippen molar-refractivity contribution in [3.8, 4) is 5.75 Å². The van der Waals surface area contributed by atoms with Gasteiger partial charge in [-0.25, -0.2) is 4.98 Å². The third kappa shape index (κ3) is 6.87. The number of alkyl halides is 3. The number of hydrogen-bond donors (Lipinski definition) is 2. The average molecular weight is 575 g/mol. The number of hydrogen-bond acceptors (Lipinski definition) is 4. The number of rotatable bonds is 5. The van der Waals surface area contributed by atoms with E-state index in [0.717, 1.165) is 43.7 Å². The van der Waals surface area contributed by atoms with E-state index >= 15 is 0 Å². The minimum absolute atomic E-state index is 0. The second-order valence-electron chi connectivity index (χ2n) is 8.35. The first kappa shape index (κ1) is 25.4. The molecular weight excluding hydrogens is 546 g/mol. The van der Waals surface area contributed by atoms with Crippen LogP contribution in [0.3, 0.4) is 0 Å². The van der Waals surface area contributed by atoms with Gasteiger partial charge in [0.1, 0.15) is 11.6 Å². The number of guanidine groups is 1. The van der Waals surface area contributed by atoms with Crippen LogP contribution in [0.15, 0.2) is 47.6 Å². The number of aliphatic imine (C=N–C) groups is 1. The molecule has 2 N–H and O–H groups in total. The number of nitrogens with zero attached hydrogens (tertiary/aromatic N) is 3. The normalized spacial score (nSPS) is 21.2. The first-order chi connectivity index (χ1) is 15.3. The smallest absolute Gasteiger partial charge is 0.405 e. The van der Waals surface area contributed by atoms with E-state index in [4.69, 9.17) is 0 Å². The molecule has 0 spiro atoms. The van der Waals surface area contributed by atoms with E-state index in [-0.39, 0.29) is 47.7 Å². The molecule has 1 aliphatic carbocycles. The minimum atomic E-state index is -4.70.